The van der Waals surface area contributed by atoms with Crippen LogP contribution in [0.4, 0.5) is 0 Å². The van der Waals surface area contributed by atoms with Gasteiger partial charge in [0.2, 0.25) is 0 Å². The van der Waals surface area contributed by atoms with Crippen molar-refractivity contribution < 1.29 is 0 Å². The van der Waals surface area contributed by atoms with E-state index in [0.717, 1.165) is 18.0 Å². The van der Waals surface area contributed by atoms with E-state index in [4.69, 9.17) is 0 Å². The van der Waals surface area contributed by atoms with Gasteiger partial charge in [0, 0.05) is 12.1 Å². The highest BCUT2D eigenvalue weighted by molar-refractivity contribution is 8.93. The zero-order valence-electron chi connectivity index (χ0n) is 9.30. The Hall–Kier alpha value is 0.440. The Labute approximate surface area is 98.8 Å². The predicted molar refractivity (Wildman–Crippen MR) is 67.1 cm³/mol. The monoisotopic (exact) mass is 261 g/mol. The molecule has 1 nitrogen and oxygen atoms in total. The summed E-state index contributed by atoms with van der Waals surface area (Å²) in [6, 6.07) is 1.72. The maximum atomic E-state index is 3.85. The minimum atomic E-state index is 0. The standard InChI is InChI=1S/C12H23N.BrH/c1-10-5-4-8-12(9-10)13-11-6-2-3-7-11;/h10-13H,2-9H2,1H3;1H. The van der Waals surface area contributed by atoms with Gasteiger partial charge in [-0.1, -0.05) is 32.6 Å². The normalized spacial score (nSPS) is 34.1. The molecule has 0 bridgehead atoms. The third kappa shape index (κ3) is 3.54. The quantitative estimate of drug-likeness (QED) is 0.800. The Morgan fingerprint density at radius 1 is 0.857 bits per heavy atom. The smallest absolute Gasteiger partial charge is 0.00721 e. The van der Waals surface area contributed by atoms with Crippen LogP contribution in [0.15, 0.2) is 0 Å². The molecule has 2 unspecified atom stereocenters. The fraction of sp³-hybridized carbons (Fsp3) is 1.00. The molecule has 0 aromatic heterocycles. The van der Waals surface area contributed by atoms with E-state index >= 15 is 0 Å². The maximum Gasteiger partial charge on any atom is 0.00721 e. The highest BCUT2D eigenvalue weighted by atomic mass is 79.9. The van der Waals surface area contributed by atoms with Crippen LogP contribution in [-0.4, -0.2) is 12.1 Å². The molecule has 2 aliphatic rings. The first kappa shape index (κ1) is 12.5. The molecule has 2 atom stereocenters. The van der Waals surface area contributed by atoms with Gasteiger partial charge in [0.1, 0.15) is 0 Å². The average molecular weight is 262 g/mol. The van der Waals surface area contributed by atoms with Gasteiger partial charge >= 0.3 is 0 Å². The van der Waals surface area contributed by atoms with Gasteiger partial charge in [-0.15, -0.1) is 17.0 Å². The molecule has 0 aromatic carbocycles. The van der Waals surface area contributed by atoms with E-state index < -0.39 is 0 Å². The van der Waals surface area contributed by atoms with Gasteiger partial charge < -0.3 is 5.32 Å². The molecule has 0 amide bonds. The summed E-state index contributed by atoms with van der Waals surface area (Å²) in [5.74, 6) is 0.965. The van der Waals surface area contributed by atoms with Crippen LogP contribution >= 0.6 is 17.0 Å². The summed E-state index contributed by atoms with van der Waals surface area (Å²) in [4.78, 5) is 0. The summed E-state index contributed by atoms with van der Waals surface area (Å²) in [5.41, 5.74) is 0. The second-order valence-electron chi connectivity index (χ2n) is 5.12. The molecule has 2 heteroatoms. The zero-order valence-corrected chi connectivity index (χ0v) is 11.0. The summed E-state index contributed by atoms with van der Waals surface area (Å²) < 4.78 is 0. The number of halogens is 1. The molecule has 84 valence electrons. The fourth-order valence-electron chi connectivity index (χ4n) is 3.01. The van der Waals surface area contributed by atoms with Gasteiger partial charge in [0.15, 0.2) is 0 Å². The lowest BCUT2D eigenvalue weighted by atomic mass is 9.86. The molecule has 2 saturated carbocycles. The van der Waals surface area contributed by atoms with Crippen molar-refractivity contribution in [3.63, 3.8) is 0 Å². The zero-order chi connectivity index (χ0) is 9.10. The van der Waals surface area contributed by atoms with E-state index in [1.54, 1.807) is 0 Å². The van der Waals surface area contributed by atoms with E-state index in [2.05, 4.69) is 12.2 Å². The van der Waals surface area contributed by atoms with Crippen molar-refractivity contribution in [2.24, 2.45) is 5.92 Å². The largest absolute Gasteiger partial charge is 0.311 e. The highest BCUT2D eigenvalue weighted by Gasteiger charge is 2.22. The lowest BCUT2D eigenvalue weighted by Gasteiger charge is -2.30. The van der Waals surface area contributed by atoms with Crippen molar-refractivity contribution >= 4 is 17.0 Å². The van der Waals surface area contributed by atoms with Gasteiger partial charge in [-0.2, -0.15) is 0 Å². The molecule has 0 saturated heterocycles. The van der Waals surface area contributed by atoms with Crippen LogP contribution in [0, 0.1) is 5.92 Å². The molecule has 0 radical (unpaired) electrons. The van der Waals surface area contributed by atoms with Crippen molar-refractivity contribution in [2.45, 2.75) is 70.4 Å². The number of hydrogen-bond donors (Lipinski definition) is 1. The number of rotatable bonds is 2. The van der Waals surface area contributed by atoms with Crippen molar-refractivity contribution in [2.75, 3.05) is 0 Å². The van der Waals surface area contributed by atoms with Crippen LogP contribution in [0.25, 0.3) is 0 Å². The highest BCUT2D eigenvalue weighted by Crippen LogP contribution is 2.26. The van der Waals surface area contributed by atoms with Crippen LogP contribution < -0.4 is 5.32 Å². The molecular weight excluding hydrogens is 238 g/mol. The molecule has 0 heterocycles. The van der Waals surface area contributed by atoms with Crippen LogP contribution in [-0.2, 0) is 0 Å². The first-order chi connectivity index (χ1) is 6.34. The first-order valence-electron chi connectivity index (χ1n) is 6.10. The molecule has 14 heavy (non-hydrogen) atoms. The van der Waals surface area contributed by atoms with E-state index in [0.29, 0.717) is 0 Å². The SMILES string of the molecule is Br.CC1CCCC(NC2CCCC2)C1. The summed E-state index contributed by atoms with van der Waals surface area (Å²) in [6.45, 7) is 2.41. The van der Waals surface area contributed by atoms with Gasteiger partial charge in [0.05, 0.1) is 0 Å². The second kappa shape index (κ2) is 6.12. The molecule has 1 N–H and O–H groups in total. The molecule has 2 fully saturated rings. The fourth-order valence-corrected chi connectivity index (χ4v) is 3.01. The number of hydrogen-bond acceptors (Lipinski definition) is 1. The van der Waals surface area contributed by atoms with Crippen LogP contribution in [0.1, 0.15) is 58.3 Å². The Morgan fingerprint density at radius 3 is 2.14 bits per heavy atom. The molecular formula is C12H24BrN. The van der Waals surface area contributed by atoms with Crippen molar-refractivity contribution in [3.05, 3.63) is 0 Å². The van der Waals surface area contributed by atoms with E-state index in [9.17, 15) is 0 Å². The van der Waals surface area contributed by atoms with Crippen LogP contribution in [0.3, 0.4) is 0 Å². The lowest BCUT2D eigenvalue weighted by Crippen LogP contribution is -2.39. The molecule has 2 rings (SSSR count). The summed E-state index contributed by atoms with van der Waals surface area (Å²) in [5, 5.41) is 3.85. The first-order valence-corrected chi connectivity index (χ1v) is 6.10. The average Bonchev–Trinajstić information content (AvgIpc) is 2.57. The topological polar surface area (TPSA) is 12.0 Å². The third-order valence-corrected chi connectivity index (χ3v) is 3.76. The molecule has 2 aliphatic carbocycles. The van der Waals surface area contributed by atoms with Crippen molar-refractivity contribution in [3.8, 4) is 0 Å². The predicted octanol–water partition coefficient (Wildman–Crippen LogP) is 3.68. The van der Waals surface area contributed by atoms with Gasteiger partial charge in [-0.3, -0.25) is 0 Å². The summed E-state index contributed by atoms with van der Waals surface area (Å²) in [6.07, 6.45) is 11.6. The Balaban J connectivity index is 0.000000980. The Kier molecular flexibility index (Phi) is 5.47. The van der Waals surface area contributed by atoms with Crippen LogP contribution in [0.2, 0.25) is 0 Å². The Bertz CT molecular complexity index is 154. The number of nitrogens with one attached hydrogen (secondary N) is 1. The minimum Gasteiger partial charge on any atom is -0.311 e. The summed E-state index contributed by atoms with van der Waals surface area (Å²) in [7, 11) is 0. The van der Waals surface area contributed by atoms with Crippen LogP contribution in [0.5, 0.6) is 0 Å². The minimum absolute atomic E-state index is 0. The Morgan fingerprint density at radius 2 is 1.50 bits per heavy atom. The van der Waals surface area contributed by atoms with Gasteiger partial charge in [0.25, 0.3) is 0 Å². The second-order valence-corrected chi connectivity index (χ2v) is 5.12. The van der Waals surface area contributed by atoms with Crippen molar-refractivity contribution in [1.29, 1.82) is 0 Å². The van der Waals surface area contributed by atoms with E-state index in [-0.39, 0.29) is 17.0 Å². The van der Waals surface area contributed by atoms with Gasteiger partial charge in [-0.25, -0.2) is 0 Å². The van der Waals surface area contributed by atoms with Crippen molar-refractivity contribution in [1.82, 2.24) is 5.32 Å². The maximum absolute atomic E-state index is 3.85. The van der Waals surface area contributed by atoms with E-state index in [1.807, 2.05) is 0 Å². The molecule has 0 aromatic rings. The molecule has 0 aliphatic heterocycles. The van der Waals surface area contributed by atoms with E-state index in [1.165, 1.54) is 51.4 Å². The molecule has 0 spiro atoms. The third-order valence-electron chi connectivity index (χ3n) is 3.76. The summed E-state index contributed by atoms with van der Waals surface area (Å²) >= 11 is 0. The van der Waals surface area contributed by atoms with Gasteiger partial charge in [-0.05, 0) is 31.6 Å². The lowest BCUT2D eigenvalue weighted by molar-refractivity contribution is 0.280.